The maximum absolute atomic E-state index is 13.6. The number of anilines is 1. The molecule has 2 aromatic heterocycles. The van der Waals surface area contributed by atoms with Crippen molar-refractivity contribution in [3.05, 3.63) is 76.1 Å². The number of methoxy groups -OCH3 is 1. The first-order valence-corrected chi connectivity index (χ1v) is 11.1. The van der Waals surface area contributed by atoms with Crippen molar-refractivity contribution in [2.75, 3.05) is 25.2 Å². The Labute approximate surface area is 190 Å². The van der Waals surface area contributed by atoms with Crippen molar-refractivity contribution >= 4 is 44.2 Å². The van der Waals surface area contributed by atoms with E-state index >= 15 is 0 Å². The van der Waals surface area contributed by atoms with Gasteiger partial charge in [0.1, 0.15) is 5.15 Å². The number of hydrogen-bond acceptors (Lipinski definition) is 5. The van der Waals surface area contributed by atoms with E-state index in [-0.39, 0.29) is 5.91 Å². The highest BCUT2D eigenvalue weighted by Crippen LogP contribution is 2.31. The molecule has 0 saturated carbocycles. The molecule has 6 nitrogen and oxygen atoms in total. The van der Waals surface area contributed by atoms with Crippen molar-refractivity contribution in [1.82, 2.24) is 14.8 Å². The molecule has 2 aromatic carbocycles. The maximum Gasteiger partial charge on any atom is 0.265 e. The average molecular weight is 455 g/mol. The fraction of sp³-hybridized carbons (Fsp3) is 0.261. The number of ether oxygens (including phenoxy) is 1. The number of carbonyl (C=O) groups is 1. The largest absolute Gasteiger partial charge is 0.383 e. The third-order valence-electron chi connectivity index (χ3n) is 5.01. The molecule has 31 heavy (non-hydrogen) atoms. The Morgan fingerprint density at radius 1 is 1.16 bits per heavy atom. The molecule has 0 aliphatic carbocycles. The number of nitrogens with zero attached hydrogens (tertiary/aromatic N) is 4. The monoisotopic (exact) mass is 454 g/mol. The number of para-hydroxylation sites is 1. The van der Waals surface area contributed by atoms with Crippen LogP contribution in [0.15, 0.2) is 48.5 Å². The maximum atomic E-state index is 13.6. The van der Waals surface area contributed by atoms with Gasteiger partial charge in [-0.15, -0.1) is 0 Å². The molecule has 8 heteroatoms. The molecule has 0 spiro atoms. The van der Waals surface area contributed by atoms with Crippen molar-refractivity contribution in [3.63, 3.8) is 0 Å². The Bertz CT molecular complexity index is 1180. The number of hydrogen-bond donors (Lipinski definition) is 0. The zero-order valence-corrected chi connectivity index (χ0v) is 19.2. The Morgan fingerprint density at radius 2 is 1.90 bits per heavy atom. The third-order valence-corrected chi connectivity index (χ3v) is 6.45. The summed E-state index contributed by atoms with van der Waals surface area (Å²) >= 11 is 8.12. The zero-order valence-electron chi connectivity index (χ0n) is 17.6. The highest BCUT2D eigenvalue weighted by molar-refractivity contribution is 7.22. The van der Waals surface area contributed by atoms with E-state index in [9.17, 15) is 4.79 Å². The molecule has 0 bridgehead atoms. The average Bonchev–Trinajstić information content (AvgIpc) is 3.30. The van der Waals surface area contributed by atoms with Crippen molar-refractivity contribution < 1.29 is 9.53 Å². The molecule has 0 saturated heterocycles. The van der Waals surface area contributed by atoms with E-state index in [0.717, 1.165) is 15.8 Å². The van der Waals surface area contributed by atoms with Crippen LogP contribution < -0.4 is 4.90 Å². The van der Waals surface area contributed by atoms with Gasteiger partial charge in [-0.05, 0) is 31.5 Å². The molecule has 4 aromatic rings. The molecule has 0 aliphatic rings. The summed E-state index contributed by atoms with van der Waals surface area (Å²) in [6.07, 6.45) is 0. The van der Waals surface area contributed by atoms with Crippen LogP contribution in [0, 0.1) is 13.8 Å². The van der Waals surface area contributed by atoms with Crippen LogP contribution in [0.3, 0.4) is 0 Å². The molecule has 0 aliphatic heterocycles. The standard InChI is InChI=1S/C23H23ClN4O2S/c1-15-8-10-17(11-9-15)14-28-21(24)20(16(2)26-28)22(29)27(12-13-30-3)23-25-18-6-4-5-7-19(18)31-23/h4-11H,12-14H2,1-3H3. The summed E-state index contributed by atoms with van der Waals surface area (Å²) in [5.41, 5.74) is 4.09. The summed E-state index contributed by atoms with van der Waals surface area (Å²) in [6, 6.07) is 16.0. The second-order valence-corrected chi connectivity index (χ2v) is 8.68. The van der Waals surface area contributed by atoms with Crippen molar-refractivity contribution in [2.24, 2.45) is 0 Å². The van der Waals surface area contributed by atoms with E-state index in [4.69, 9.17) is 16.3 Å². The summed E-state index contributed by atoms with van der Waals surface area (Å²) < 4.78 is 7.92. The number of halogens is 1. The van der Waals surface area contributed by atoms with Crippen LogP contribution >= 0.6 is 22.9 Å². The minimum Gasteiger partial charge on any atom is -0.383 e. The van der Waals surface area contributed by atoms with Gasteiger partial charge < -0.3 is 4.74 Å². The normalized spacial score (nSPS) is 11.2. The first-order chi connectivity index (χ1) is 15.0. The topological polar surface area (TPSA) is 60.2 Å². The number of benzene rings is 2. The van der Waals surface area contributed by atoms with Gasteiger partial charge in [0.25, 0.3) is 5.91 Å². The lowest BCUT2D eigenvalue weighted by Gasteiger charge is -2.19. The van der Waals surface area contributed by atoms with Crippen LogP contribution in [0.25, 0.3) is 10.2 Å². The molecule has 1 amide bonds. The minimum absolute atomic E-state index is 0.228. The van der Waals surface area contributed by atoms with Gasteiger partial charge in [-0.1, -0.05) is 64.9 Å². The first kappa shape index (κ1) is 21.5. The number of carbonyl (C=O) groups excluding carboxylic acids is 1. The molecule has 0 atom stereocenters. The number of fused-ring (bicyclic) bond motifs is 1. The predicted molar refractivity (Wildman–Crippen MR) is 125 cm³/mol. The molecule has 160 valence electrons. The summed E-state index contributed by atoms with van der Waals surface area (Å²) in [7, 11) is 1.61. The first-order valence-electron chi connectivity index (χ1n) is 9.92. The van der Waals surface area contributed by atoms with Gasteiger partial charge in [0.15, 0.2) is 5.13 Å². The zero-order chi connectivity index (χ0) is 22.0. The predicted octanol–water partition coefficient (Wildman–Crippen LogP) is 5.10. The van der Waals surface area contributed by atoms with Gasteiger partial charge in [-0.25, -0.2) is 9.67 Å². The van der Waals surface area contributed by atoms with E-state index in [1.165, 1.54) is 16.9 Å². The van der Waals surface area contributed by atoms with Gasteiger partial charge in [0.2, 0.25) is 0 Å². The van der Waals surface area contributed by atoms with Crippen molar-refractivity contribution in [1.29, 1.82) is 0 Å². The second-order valence-electron chi connectivity index (χ2n) is 7.31. The molecule has 0 radical (unpaired) electrons. The van der Waals surface area contributed by atoms with Gasteiger partial charge in [-0.3, -0.25) is 9.69 Å². The van der Waals surface area contributed by atoms with Gasteiger partial charge in [0, 0.05) is 7.11 Å². The Balaban J connectivity index is 1.68. The number of amides is 1. The summed E-state index contributed by atoms with van der Waals surface area (Å²) in [5.74, 6) is -0.228. The van der Waals surface area contributed by atoms with E-state index in [1.807, 2.05) is 55.5 Å². The minimum atomic E-state index is -0.228. The quantitative estimate of drug-likeness (QED) is 0.389. The van der Waals surface area contributed by atoms with Gasteiger partial charge in [0.05, 0.1) is 41.2 Å². The molecular weight excluding hydrogens is 432 g/mol. The number of thiazole rings is 1. The highest BCUT2D eigenvalue weighted by atomic mass is 35.5. The van der Waals surface area contributed by atoms with Crippen LogP contribution in [0.2, 0.25) is 5.15 Å². The summed E-state index contributed by atoms with van der Waals surface area (Å²) in [4.78, 5) is 19.9. The fourth-order valence-corrected chi connectivity index (χ4v) is 4.65. The van der Waals surface area contributed by atoms with E-state index in [2.05, 4.69) is 10.1 Å². The summed E-state index contributed by atoms with van der Waals surface area (Å²) in [5, 5.41) is 5.48. The van der Waals surface area contributed by atoms with Crippen molar-refractivity contribution in [3.8, 4) is 0 Å². The number of aromatic nitrogens is 3. The number of rotatable bonds is 7. The Hall–Kier alpha value is -2.74. The lowest BCUT2D eigenvalue weighted by atomic mass is 10.1. The molecule has 0 N–H and O–H groups in total. The van der Waals surface area contributed by atoms with Crippen molar-refractivity contribution in [2.45, 2.75) is 20.4 Å². The van der Waals surface area contributed by atoms with Crippen LogP contribution in [0.4, 0.5) is 5.13 Å². The van der Waals surface area contributed by atoms with Gasteiger partial charge >= 0.3 is 0 Å². The molecule has 2 heterocycles. The van der Waals surface area contributed by atoms with Crippen LogP contribution in [-0.2, 0) is 11.3 Å². The SMILES string of the molecule is COCCN(C(=O)c1c(C)nn(Cc2ccc(C)cc2)c1Cl)c1nc2ccccc2s1. The lowest BCUT2D eigenvalue weighted by Crippen LogP contribution is -2.34. The second kappa shape index (κ2) is 9.18. The smallest absolute Gasteiger partial charge is 0.265 e. The Morgan fingerprint density at radius 3 is 2.61 bits per heavy atom. The molecule has 0 unspecified atom stereocenters. The molecule has 4 rings (SSSR count). The molecule has 0 fully saturated rings. The summed E-state index contributed by atoms with van der Waals surface area (Å²) in [6.45, 7) is 5.09. The fourth-order valence-electron chi connectivity index (χ4n) is 3.34. The molecular formula is C23H23ClN4O2S. The lowest BCUT2D eigenvalue weighted by molar-refractivity contribution is 0.0975. The van der Waals surface area contributed by atoms with E-state index in [1.54, 1.807) is 23.6 Å². The number of aryl methyl sites for hydroxylation is 2. The highest BCUT2D eigenvalue weighted by Gasteiger charge is 2.28. The van der Waals surface area contributed by atoms with Crippen LogP contribution in [0.5, 0.6) is 0 Å². The van der Waals surface area contributed by atoms with Gasteiger partial charge in [-0.2, -0.15) is 5.10 Å². The van der Waals surface area contributed by atoms with E-state index in [0.29, 0.717) is 41.2 Å². The van der Waals surface area contributed by atoms with E-state index < -0.39 is 0 Å². The van der Waals surface area contributed by atoms with Crippen LogP contribution in [0.1, 0.15) is 27.2 Å². The third kappa shape index (κ3) is 4.49. The van der Waals surface area contributed by atoms with Crippen LogP contribution in [-0.4, -0.2) is 40.9 Å². The Kier molecular flexibility index (Phi) is 6.36.